The molecular formula is C14H19N3O3S. The monoisotopic (exact) mass is 309 g/mol. The highest BCUT2D eigenvalue weighted by molar-refractivity contribution is 7.15. The predicted octanol–water partition coefficient (Wildman–Crippen LogP) is 2.34. The Bertz CT molecular complexity index is 553. The van der Waals surface area contributed by atoms with Crippen LogP contribution in [0.2, 0.25) is 0 Å². The number of carbonyl (C=O) groups excluding carboxylic acids is 1. The van der Waals surface area contributed by atoms with Gasteiger partial charge in [-0.25, -0.2) is 0 Å². The van der Waals surface area contributed by atoms with E-state index in [2.05, 4.69) is 29.4 Å². The molecule has 0 saturated heterocycles. The van der Waals surface area contributed by atoms with Gasteiger partial charge in [-0.15, -0.1) is 10.2 Å². The van der Waals surface area contributed by atoms with Gasteiger partial charge in [-0.2, -0.15) is 0 Å². The Morgan fingerprint density at radius 2 is 2.00 bits per heavy atom. The highest BCUT2D eigenvalue weighted by Crippen LogP contribution is 2.28. The van der Waals surface area contributed by atoms with Crippen LogP contribution in [0, 0.1) is 17.8 Å². The van der Waals surface area contributed by atoms with E-state index in [1.54, 1.807) is 0 Å². The minimum atomic E-state index is -0.933. The maximum Gasteiger partial charge on any atom is 0.307 e. The van der Waals surface area contributed by atoms with E-state index in [0.717, 1.165) is 11.4 Å². The van der Waals surface area contributed by atoms with E-state index in [4.69, 9.17) is 0 Å². The molecule has 6 nitrogen and oxygen atoms in total. The molecule has 114 valence electrons. The number of nitrogens with zero attached hydrogens (tertiary/aromatic N) is 2. The zero-order valence-corrected chi connectivity index (χ0v) is 12.9. The van der Waals surface area contributed by atoms with Gasteiger partial charge in [0.05, 0.1) is 11.8 Å². The first-order chi connectivity index (χ1) is 9.97. The van der Waals surface area contributed by atoms with E-state index in [9.17, 15) is 14.7 Å². The molecule has 2 N–H and O–H groups in total. The first-order valence-corrected chi connectivity index (χ1v) is 7.80. The Hall–Kier alpha value is -1.76. The second-order valence-electron chi connectivity index (χ2n) is 5.58. The maximum atomic E-state index is 12.2. The van der Waals surface area contributed by atoms with Crippen molar-refractivity contribution in [2.24, 2.45) is 17.8 Å². The molecule has 1 aromatic heterocycles. The molecule has 2 atom stereocenters. The summed E-state index contributed by atoms with van der Waals surface area (Å²) in [6, 6.07) is 0. The number of hydrogen-bond acceptors (Lipinski definition) is 5. The largest absolute Gasteiger partial charge is 0.481 e. The van der Waals surface area contributed by atoms with Crippen molar-refractivity contribution in [3.63, 3.8) is 0 Å². The third kappa shape index (κ3) is 4.10. The highest BCUT2D eigenvalue weighted by Gasteiger charge is 2.34. The standard InChI is InChI=1S/C14H19N3O3S/c1-8(2)7-11-16-17-14(21-11)15-12(18)9-5-3-4-6-10(9)13(19)20/h3-4,8-10H,5-7H2,1-2H3,(H,19,20)(H,15,17,18). The van der Waals surface area contributed by atoms with Crippen molar-refractivity contribution < 1.29 is 14.7 Å². The number of allylic oxidation sites excluding steroid dienone is 2. The van der Waals surface area contributed by atoms with E-state index >= 15 is 0 Å². The summed E-state index contributed by atoms with van der Waals surface area (Å²) in [5.74, 6) is -1.97. The van der Waals surface area contributed by atoms with Gasteiger partial charge < -0.3 is 10.4 Å². The fourth-order valence-corrected chi connectivity index (χ4v) is 3.27. The third-order valence-corrected chi connectivity index (χ3v) is 4.23. The summed E-state index contributed by atoms with van der Waals surface area (Å²) >= 11 is 1.34. The van der Waals surface area contributed by atoms with Crippen molar-refractivity contribution in [1.29, 1.82) is 0 Å². The van der Waals surface area contributed by atoms with Crippen LogP contribution in [0.1, 0.15) is 31.7 Å². The molecule has 1 aromatic rings. The van der Waals surface area contributed by atoms with E-state index in [0.29, 0.717) is 23.9 Å². The number of carboxylic acid groups (broad SMARTS) is 1. The molecule has 1 aliphatic rings. The van der Waals surface area contributed by atoms with E-state index in [-0.39, 0.29) is 5.91 Å². The summed E-state index contributed by atoms with van der Waals surface area (Å²) in [5.41, 5.74) is 0. The van der Waals surface area contributed by atoms with Crippen LogP contribution >= 0.6 is 11.3 Å². The first kappa shape index (κ1) is 15.6. The number of carboxylic acids is 1. The highest BCUT2D eigenvalue weighted by atomic mass is 32.1. The molecule has 0 aromatic carbocycles. The number of amides is 1. The average Bonchev–Trinajstić information content (AvgIpc) is 2.85. The van der Waals surface area contributed by atoms with Crippen LogP contribution in [0.4, 0.5) is 5.13 Å². The number of nitrogens with one attached hydrogen (secondary N) is 1. The van der Waals surface area contributed by atoms with Gasteiger partial charge >= 0.3 is 5.97 Å². The smallest absolute Gasteiger partial charge is 0.307 e. The number of carbonyl (C=O) groups is 2. The molecule has 0 saturated carbocycles. The van der Waals surface area contributed by atoms with Crippen LogP contribution in [0.15, 0.2) is 12.2 Å². The molecule has 21 heavy (non-hydrogen) atoms. The summed E-state index contributed by atoms with van der Waals surface area (Å²) in [5, 5.41) is 21.2. The lowest BCUT2D eigenvalue weighted by Crippen LogP contribution is -2.34. The lowest BCUT2D eigenvalue weighted by atomic mass is 9.82. The van der Waals surface area contributed by atoms with Crippen LogP contribution in [0.25, 0.3) is 0 Å². The maximum absolute atomic E-state index is 12.2. The lowest BCUT2D eigenvalue weighted by Gasteiger charge is -2.23. The zero-order valence-electron chi connectivity index (χ0n) is 12.1. The van der Waals surface area contributed by atoms with E-state index < -0.39 is 17.8 Å². The Morgan fingerprint density at radius 3 is 2.62 bits per heavy atom. The molecule has 7 heteroatoms. The predicted molar refractivity (Wildman–Crippen MR) is 80.1 cm³/mol. The Morgan fingerprint density at radius 1 is 1.33 bits per heavy atom. The minimum Gasteiger partial charge on any atom is -0.481 e. The molecule has 0 aliphatic heterocycles. The number of aliphatic carboxylic acids is 1. The molecule has 2 rings (SSSR count). The lowest BCUT2D eigenvalue weighted by molar-refractivity contribution is -0.146. The molecule has 1 aliphatic carbocycles. The second-order valence-corrected chi connectivity index (χ2v) is 6.64. The van der Waals surface area contributed by atoms with Crippen LogP contribution in [-0.2, 0) is 16.0 Å². The fraction of sp³-hybridized carbons (Fsp3) is 0.571. The number of aromatic nitrogens is 2. The zero-order chi connectivity index (χ0) is 15.4. The van der Waals surface area contributed by atoms with Gasteiger partial charge in [0, 0.05) is 6.42 Å². The second kappa shape index (κ2) is 6.80. The SMILES string of the molecule is CC(C)Cc1nnc(NC(=O)C2CC=CCC2C(=O)O)s1. The molecule has 0 radical (unpaired) electrons. The van der Waals surface area contributed by atoms with Crippen molar-refractivity contribution in [2.75, 3.05) is 5.32 Å². The van der Waals surface area contributed by atoms with Gasteiger partial charge in [0.15, 0.2) is 0 Å². The van der Waals surface area contributed by atoms with Crippen molar-refractivity contribution in [2.45, 2.75) is 33.1 Å². The number of hydrogen-bond donors (Lipinski definition) is 2. The Balaban J connectivity index is 2.01. The van der Waals surface area contributed by atoms with Gasteiger partial charge in [-0.05, 0) is 18.8 Å². The van der Waals surface area contributed by atoms with Crippen molar-refractivity contribution in [3.8, 4) is 0 Å². The van der Waals surface area contributed by atoms with Crippen LogP contribution in [0.5, 0.6) is 0 Å². The van der Waals surface area contributed by atoms with Gasteiger partial charge in [-0.1, -0.05) is 37.3 Å². The van der Waals surface area contributed by atoms with Crippen molar-refractivity contribution >= 4 is 28.3 Å². The summed E-state index contributed by atoms with van der Waals surface area (Å²) in [6.07, 6.45) is 5.32. The molecular weight excluding hydrogens is 290 g/mol. The summed E-state index contributed by atoms with van der Waals surface area (Å²) in [4.78, 5) is 23.5. The topological polar surface area (TPSA) is 92.2 Å². The Kier molecular flexibility index (Phi) is 5.06. The third-order valence-electron chi connectivity index (χ3n) is 3.37. The van der Waals surface area contributed by atoms with Gasteiger partial charge in [0.2, 0.25) is 11.0 Å². The number of anilines is 1. The number of rotatable bonds is 5. The summed E-state index contributed by atoms with van der Waals surface area (Å²) < 4.78 is 0. The van der Waals surface area contributed by atoms with Crippen molar-refractivity contribution in [3.05, 3.63) is 17.2 Å². The van der Waals surface area contributed by atoms with Crippen molar-refractivity contribution in [1.82, 2.24) is 10.2 Å². The van der Waals surface area contributed by atoms with Crippen LogP contribution in [0.3, 0.4) is 0 Å². The first-order valence-electron chi connectivity index (χ1n) is 6.98. The molecule has 1 amide bonds. The molecule has 0 bridgehead atoms. The van der Waals surface area contributed by atoms with Gasteiger partial charge in [-0.3, -0.25) is 9.59 Å². The fourth-order valence-electron chi connectivity index (χ4n) is 2.31. The minimum absolute atomic E-state index is 0.293. The van der Waals surface area contributed by atoms with Gasteiger partial charge in [0.1, 0.15) is 5.01 Å². The van der Waals surface area contributed by atoms with Crippen LogP contribution < -0.4 is 5.32 Å². The Labute approximate surface area is 127 Å². The summed E-state index contributed by atoms with van der Waals surface area (Å²) in [7, 11) is 0. The molecule has 2 unspecified atom stereocenters. The molecule has 1 heterocycles. The van der Waals surface area contributed by atoms with E-state index in [1.807, 2.05) is 12.2 Å². The van der Waals surface area contributed by atoms with Gasteiger partial charge in [0.25, 0.3) is 0 Å². The quantitative estimate of drug-likeness (QED) is 0.814. The summed E-state index contributed by atoms with van der Waals surface area (Å²) in [6.45, 7) is 4.18. The normalized spacial score (nSPS) is 21.5. The molecule has 0 fully saturated rings. The van der Waals surface area contributed by atoms with Crippen LogP contribution in [-0.4, -0.2) is 27.2 Å². The molecule has 0 spiro atoms. The average molecular weight is 309 g/mol. The van der Waals surface area contributed by atoms with E-state index in [1.165, 1.54) is 11.3 Å².